The molecule has 0 amide bonds. The Morgan fingerprint density at radius 1 is 1.24 bits per heavy atom. The zero-order valence-electron chi connectivity index (χ0n) is 11.3. The van der Waals surface area contributed by atoms with Crippen LogP contribution in [-0.4, -0.2) is 18.2 Å². The number of nitrogens with two attached hydrogens (primary N) is 1. The minimum Gasteiger partial charge on any atom is -0.497 e. The highest BCUT2D eigenvalue weighted by molar-refractivity contribution is 5.93. The number of aromatic carboxylic acids is 1. The Balaban J connectivity index is 2.10. The van der Waals surface area contributed by atoms with Crippen LogP contribution in [0.5, 0.6) is 11.5 Å². The van der Waals surface area contributed by atoms with E-state index in [1.165, 1.54) is 31.4 Å². The second-order valence-corrected chi connectivity index (χ2v) is 4.30. The third-order valence-corrected chi connectivity index (χ3v) is 2.91. The van der Waals surface area contributed by atoms with E-state index < -0.39 is 11.8 Å². The number of hydrogen-bond acceptors (Lipinski definition) is 4. The molecule has 0 spiro atoms. The lowest BCUT2D eigenvalue weighted by atomic mass is 10.1. The standard InChI is InChI=1S/C15H14FNO4/c1-20-10-3-2-9(13(16)6-10)8-21-11-4-5-12(15(18)19)14(17)7-11/h2-7H,8,17H2,1H3,(H,18,19). The van der Waals surface area contributed by atoms with Crippen LogP contribution in [0.4, 0.5) is 10.1 Å². The number of halogens is 1. The number of benzene rings is 2. The summed E-state index contributed by atoms with van der Waals surface area (Å²) < 4.78 is 24.0. The minimum atomic E-state index is -1.11. The zero-order chi connectivity index (χ0) is 15.4. The summed E-state index contributed by atoms with van der Waals surface area (Å²) in [5.41, 5.74) is 6.06. The van der Waals surface area contributed by atoms with Gasteiger partial charge in [-0.05, 0) is 24.3 Å². The highest BCUT2D eigenvalue weighted by Crippen LogP contribution is 2.22. The quantitative estimate of drug-likeness (QED) is 0.828. The molecule has 0 atom stereocenters. The highest BCUT2D eigenvalue weighted by atomic mass is 19.1. The highest BCUT2D eigenvalue weighted by Gasteiger charge is 2.09. The van der Waals surface area contributed by atoms with Crippen LogP contribution < -0.4 is 15.2 Å². The number of hydrogen-bond donors (Lipinski definition) is 2. The average molecular weight is 291 g/mol. The molecular weight excluding hydrogens is 277 g/mol. The Labute approximate surface area is 120 Å². The van der Waals surface area contributed by atoms with Gasteiger partial charge in [0.25, 0.3) is 0 Å². The van der Waals surface area contributed by atoms with E-state index >= 15 is 0 Å². The number of carbonyl (C=O) groups is 1. The molecule has 6 heteroatoms. The van der Waals surface area contributed by atoms with Gasteiger partial charge in [0.15, 0.2) is 0 Å². The second kappa shape index (κ2) is 6.13. The van der Waals surface area contributed by atoms with Gasteiger partial charge in [0.2, 0.25) is 0 Å². The van der Waals surface area contributed by atoms with Crippen LogP contribution in [0.25, 0.3) is 0 Å². The summed E-state index contributed by atoms with van der Waals surface area (Å²) >= 11 is 0. The van der Waals surface area contributed by atoms with Crippen molar-refractivity contribution in [2.24, 2.45) is 0 Å². The lowest BCUT2D eigenvalue weighted by Crippen LogP contribution is -2.04. The largest absolute Gasteiger partial charge is 0.497 e. The summed E-state index contributed by atoms with van der Waals surface area (Å²) in [6.07, 6.45) is 0. The van der Waals surface area contributed by atoms with Crippen molar-refractivity contribution in [3.8, 4) is 11.5 Å². The molecule has 2 rings (SSSR count). The van der Waals surface area contributed by atoms with Crippen molar-refractivity contribution in [3.05, 3.63) is 53.3 Å². The summed E-state index contributed by atoms with van der Waals surface area (Å²) in [6, 6.07) is 8.66. The molecule has 21 heavy (non-hydrogen) atoms. The van der Waals surface area contributed by atoms with Crippen molar-refractivity contribution in [2.45, 2.75) is 6.61 Å². The van der Waals surface area contributed by atoms with E-state index in [0.29, 0.717) is 17.1 Å². The van der Waals surface area contributed by atoms with Crippen LogP contribution in [0.15, 0.2) is 36.4 Å². The molecule has 0 bridgehead atoms. The predicted molar refractivity (Wildman–Crippen MR) is 75.1 cm³/mol. The SMILES string of the molecule is COc1ccc(COc2ccc(C(=O)O)c(N)c2)c(F)c1. The summed E-state index contributed by atoms with van der Waals surface area (Å²) in [5.74, 6) is -0.760. The van der Waals surface area contributed by atoms with Crippen LogP contribution in [0.1, 0.15) is 15.9 Å². The number of carboxylic acids is 1. The Morgan fingerprint density at radius 2 is 1.95 bits per heavy atom. The maximum atomic E-state index is 13.7. The molecule has 0 aliphatic heterocycles. The van der Waals surface area contributed by atoms with Crippen LogP contribution in [-0.2, 0) is 6.61 Å². The van der Waals surface area contributed by atoms with Crippen LogP contribution in [0, 0.1) is 5.82 Å². The van der Waals surface area contributed by atoms with E-state index in [4.69, 9.17) is 20.3 Å². The number of anilines is 1. The first-order valence-corrected chi connectivity index (χ1v) is 6.09. The Bertz CT molecular complexity index is 673. The first-order valence-electron chi connectivity index (χ1n) is 6.09. The number of methoxy groups -OCH3 is 1. The van der Waals surface area contributed by atoms with E-state index in [1.54, 1.807) is 12.1 Å². The molecule has 0 aromatic heterocycles. The van der Waals surface area contributed by atoms with Crippen molar-refractivity contribution in [1.82, 2.24) is 0 Å². The van der Waals surface area contributed by atoms with Crippen molar-refractivity contribution in [1.29, 1.82) is 0 Å². The van der Waals surface area contributed by atoms with Gasteiger partial charge < -0.3 is 20.3 Å². The second-order valence-electron chi connectivity index (χ2n) is 4.30. The van der Waals surface area contributed by atoms with Gasteiger partial charge in [-0.3, -0.25) is 0 Å². The van der Waals surface area contributed by atoms with Gasteiger partial charge in [-0.15, -0.1) is 0 Å². The first-order chi connectivity index (χ1) is 10.0. The first kappa shape index (κ1) is 14.6. The van der Waals surface area contributed by atoms with E-state index in [0.717, 1.165) is 0 Å². The lowest BCUT2D eigenvalue weighted by molar-refractivity contribution is 0.0698. The molecular formula is C15H14FNO4. The fourth-order valence-corrected chi connectivity index (χ4v) is 1.76. The molecule has 0 heterocycles. The Hall–Kier alpha value is -2.76. The lowest BCUT2D eigenvalue weighted by Gasteiger charge is -2.09. The molecule has 3 N–H and O–H groups in total. The van der Waals surface area contributed by atoms with Gasteiger partial charge in [0, 0.05) is 23.4 Å². The fraction of sp³-hybridized carbons (Fsp3) is 0.133. The topological polar surface area (TPSA) is 81.8 Å². The van der Waals surface area contributed by atoms with Gasteiger partial charge in [-0.25, -0.2) is 9.18 Å². The number of ether oxygens (including phenoxy) is 2. The fourth-order valence-electron chi connectivity index (χ4n) is 1.76. The van der Waals surface area contributed by atoms with E-state index in [9.17, 15) is 9.18 Å². The molecule has 0 fully saturated rings. The maximum Gasteiger partial charge on any atom is 0.337 e. The van der Waals surface area contributed by atoms with E-state index in [-0.39, 0.29) is 17.9 Å². The monoisotopic (exact) mass is 291 g/mol. The summed E-state index contributed by atoms with van der Waals surface area (Å²) in [6.45, 7) is 0.00167. The molecule has 2 aromatic rings. The summed E-state index contributed by atoms with van der Waals surface area (Å²) in [4.78, 5) is 10.8. The predicted octanol–water partition coefficient (Wildman–Crippen LogP) is 2.69. The molecule has 0 aliphatic carbocycles. The van der Waals surface area contributed by atoms with Crippen LogP contribution in [0.3, 0.4) is 0 Å². The van der Waals surface area contributed by atoms with E-state index in [1.807, 2.05) is 0 Å². The van der Waals surface area contributed by atoms with Crippen molar-refractivity contribution in [3.63, 3.8) is 0 Å². The van der Waals surface area contributed by atoms with Crippen LogP contribution >= 0.6 is 0 Å². The van der Waals surface area contributed by atoms with Crippen molar-refractivity contribution < 1.29 is 23.8 Å². The van der Waals surface area contributed by atoms with Crippen LogP contribution in [0.2, 0.25) is 0 Å². The molecule has 0 saturated carbocycles. The van der Waals surface area contributed by atoms with Crippen molar-refractivity contribution >= 4 is 11.7 Å². The third kappa shape index (κ3) is 3.42. The van der Waals surface area contributed by atoms with Crippen molar-refractivity contribution in [2.75, 3.05) is 12.8 Å². The normalized spacial score (nSPS) is 10.2. The number of nitrogen functional groups attached to an aromatic ring is 1. The van der Waals surface area contributed by atoms with Gasteiger partial charge in [-0.2, -0.15) is 0 Å². The minimum absolute atomic E-state index is 0.00167. The smallest absolute Gasteiger partial charge is 0.337 e. The molecule has 0 aliphatic rings. The van der Waals surface area contributed by atoms with Gasteiger partial charge in [0.1, 0.15) is 23.9 Å². The molecule has 0 unspecified atom stereocenters. The summed E-state index contributed by atoms with van der Waals surface area (Å²) in [7, 11) is 1.46. The number of rotatable bonds is 5. The molecule has 110 valence electrons. The zero-order valence-corrected chi connectivity index (χ0v) is 11.3. The van der Waals surface area contributed by atoms with E-state index in [2.05, 4.69) is 0 Å². The molecule has 0 radical (unpaired) electrons. The van der Waals surface area contributed by atoms with Gasteiger partial charge in [0.05, 0.1) is 12.7 Å². The molecule has 2 aromatic carbocycles. The molecule has 5 nitrogen and oxygen atoms in total. The van der Waals surface area contributed by atoms with Gasteiger partial charge >= 0.3 is 5.97 Å². The Kier molecular flexibility index (Phi) is 4.27. The third-order valence-electron chi connectivity index (χ3n) is 2.91. The Morgan fingerprint density at radius 3 is 2.52 bits per heavy atom. The molecule has 0 saturated heterocycles. The van der Waals surface area contributed by atoms with Gasteiger partial charge in [-0.1, -0.05) is 0 Å². The average Bonchev–Trinajstić information content (AvgIpc) is 2.45. The maximum absolute atomic E-state index is 13.7. The number of carboxylic acid groups (broad SMARTS) is 1. The summed E-state index contributed by atoms with van der Waals surface area (Å²) in [5, 5.41) is 8.87.